The fourth-order valence-corrected chi connectivity index (χ4v) is 0.804. The summed E-state index contributed by atoms with van der Waals surface area (Å²) in [5, 5.41) is 0. The molecule has 0 aromatic rings. The third-order valence-electron chi connectivity index (χ3n) is 1.23. The van der Waals surface area contributed by atoms with Gasteiger partial charge < -0.3 is 0 Å². The highest BCUT2D eigenvalue weighted by atomic mass is 19.1. The van der Waals surface area contributed by atoms with Gasteiger partial charge in [-0.3, -0.25) is 0 Å². The molecule has 0 radical (unpaired) electrons. The summed E-state index contributed by atoms with van der Waals surface area (Å²) in [6, 6.07) is 0. The zero-order valence-electron chi connectivity index (χ0n) is 5.64. The first kappa shape index (κ1) is 7.19. The van der Waals surface area contributed by atoms with E-state index in [1.807, 2.05) is 0 Å². The van der Waals surface area contributed by atoms with Crippen LogP contribution >= 0.6 is 0 Å². The molecule has 0 heterocycles. The van der Waals surface area contributed by atoms with Gasteiger partial charge in [-0.1, -0.05) is 0 Å². The minimum Gasteiger partial charge on any atom is -0.238 e. The second-order valence-corrected chi connectivity index (χ2v) is 2.24. The van der Waals surface area contributed by atoms with E-state index in [0.717, 1.165) is 6.08 Å². The lowest BCUT2D eigenvalue weighted by atomic mass is 10.2. The second-order valence-electron chi connectivity index (χ2n) is 2.24. The van der Waals surface area contributed by atoms with Crippen molar-refractivity contribution in [2.75, 3.05) is 0 Å². The summed E-state index contributed by atoms with van der Waals surface area (Å²) >= 11 is 0. The molecule has 0 fully saturated rings. The van der Waals surface area contributed by atoms with Gasteiger partial charge in [-0.2, -0.15) is 0 Å². The highest BCUT2D eigenvalue weighted by molar-refractivity contribution is 5.30. The molecule has 1 atom stereocenters. The van der Waals surface area contributed by atoms with Crippen LogP contribution in [0.2, 0.25) is 0 Å². The standard InChI is InChI=1S/C8H8F2/c1-6-4-7(9)2-3-8(10)5-6/h2-5,7H,1H3. The molecule has 1 rings (SSSR count). The first-order valence-corrected chi connectivity index (χ1v) is 3.06. The predicted molar refractivity (Wildman–Crippen MR) is 37.0 cm³/mol. The molecule has 1 aliphatic rings. The monoisotopic (exact) mass is 142 g/mol. The second kappa shape index (κ2) is 2.78. The van der Waals surface area contributed by atoms with Gasteiger partial charge in [0.1, 0.15) is 12.0 Å². The van der Waals surface area contributed by atoms with Crippen molar-refractivity contribution in [3.05, 3.63) is 35.7 Å². The van der Waals surface area contributed by atoms with E-state index in [1.54, 1.807) is 6.92 Å². The smallest absolute Gasteiger partial charge is 0.137 e. The van der Waals surface area contributed by atoms with Gasteiger partial charge in [0.2, 0.25) is 0 Å². The molecule has 1 unspecified atom stereocenters. The minimum absolute atomic E-state index is 0.395. The molecular formula is C8H8F2. The molecular weight excluding hydrogens is 134 g/mol. The van der Waals surface area contributed by atoms with Crippen molar-refractivity contribution in [3.8, 4) is 0 Å². The maximum atomic E-state index is 12.5. The van der Waals surface area contributed by atoms with Crippen molar-refractivity contribution in [2.45, 2.75) is 13.1 Å². The SMILES string of the molecule is CC1=CC(F)C=CC(F)=C1. The van der Waals surface area contributed by atoms with Crippen LogP contribution in [0.1, 0.15) is 6.92 Å². The van der Waals surface area contributed by atoms with E-state index in [0.29, 0.717) is 5.57 Å². The largest absolute Gasteiger partial charge is 0.238 e. The molecule has 0 aromatic carbocycles. The van der Waals surface area contributed by atoms with Crippen LogP contribution in [0, 0.1) is 0 Å². The average molecular weight is 142 g/mol. The Kier molecular flexibility index (Phi) is 2.00. The molecule has 0 aliphatic heterocycles. The highest BCUT2D eigenvalue weighted by Gasteiger charge is 2.01. The molecule has 1 aliphatic carbocycles. The van der Waals surface area contributed by atoms with Crippen LogP contribution in [0.5, 0.6) is 0 Å². The van der Waals surface area contributed by atoms with Crippen LogP contribution in [0.15, 0.2) is 35.7 Å². The molecule has 0 nitrogen and oxygen atoms in total. The van der Waals surface area contributed by atoms with Crippen molar-refractivity contribution in [2.24, 2.45) is 0 Å². The molecule has 0 amide bonds. The molecule has 0 N–H and O–H groups in total. The Bertz CT molecular complexity index is 211. The van der Waals surface area contributed by atoms with Gasteiger partial charge in [0.05, 0.1) is 0 Å². The third-order valence-corrected chi connectivity index (χ3v) is 1.23. The van der Waals surface area contributed by atoms with E-state index in [2.05, 4.69) is 0 Å². The van der Waals surface area contributed by atoms with E-state index in [1.165, 1.54) is 18.2 Å². The van der Waals surface area contributed by atoms with Crippen LogP contribution in [0.3, 0.4) is 0 Å². The molecule has 0 saturated carbocycles. The first-order chi connectivity index (χ1) is 4.68. The fraction of sp³-hybridized carbons (Fsp3) is 0.250. The Morgan fingerprint density at radius 1 is 1.50 bits per heavy atom. The normalized spacial score (nSPS) is 25.3. The number of hydrogen-bond donors (Lipinski definition) is 0. The topological polar surface area (TPSA) is 0 Å². The van der Waals surface area contributed by atoms with E-state index in [-0.39, 0.29) is 0 Å². The van der Waals surface area contributed by atoms with E-state index in [4.69, 9.17) is 0 Å². The van der Waals surface area contributed by atoms with Crippen molar-refractivity contribution in [1.82, 2.24) is 0 Å². The van der Waals surface area contributed by atoms with Crippen molar-refractivity contribution < 1.29 is 8.78 Å². The zero-order valence-corrected chi connectivity index (χ0v) is 5.64. The van der Waals surface area contributed by atoms with E-state index < -0.39 is 12.0 Å². The molecule has 2 heteroatoms. The zero-order chi connectivity index (χ0) is 7.56. The van der Waals surface area contributed by atoms with Crippen LogP contribution in [0.25, 0.3) is 0 Å². The molecule has 0 aromatic heterocycles. The number of hydrogen-bond acceptors (Lipinski definition) is 0. The quantitative estimate of drug-likeness (QED) is 0.487. The van der Waals surface area contributed by atoms with Crippen molar-refractivity contribution >= 4 is 0 Å². The Labute approximate surface area is 58.6 Å². The number of halogens is 2. The summed E-state index contributed by atoms with van der Waals surface area (Å²) in [4.78, 5) is 0. The number of alkyl halides is 1. The van der Waals surface area contributed by atoms with Crippen molar-refractivity contribution in [1.29, 1.82) is 0 Å². The summed E-state index contributed by atoms with van der Waals surface area (Å²) in [7, 11) is 0. The molecule has 0 bridgehead atoms. The maximum absolute atomic E-state index is 12.5. The molecule has 0 spiro atoms. The Balaban J connectivity index is 2.88. The number of allylic oxidation sites excluding steroid dienone is 6. The van der Waals surface area contributed by atoms with Crippen molar-refractivity contribution in [3.63, 3.8) is 0 Å². The van der Waals surface area contributed by atoms with Crippen LogP contribution < -0.4 is 0 Å². The molecule has 10 heavy (non-hydrogen) atoms. The summed E-state index contributed by atoms with van der Waals surface area (Å²) in [6.07, 6.45) is 3.84. The Morgan fingerprint density at radius 3 is 2.90 bits per heavy atom. The van der Waals surface area contributed by atoms with E-state index in [9.17, 15) is 8.78 Å². The lowest BCUT2D eigenvalue weighted by Gasteiger charge is -1.91. The van der Waals surface area contributed by atoms with Gasteiger partial charge in [-0.25, -0.2) is 8.78 Å². The van der Waals surface area contributed by atoms with Gasteiger partial charge >= 0.3 is 0 Å². The van der Waals surface area contributed by atoms with E-state index >= 15 is 0 Å². The lowest BCUT2D eigenvalue weighted by Crippen LogP contribution is -1.86. The van der Waals surface area contributed by atoms with Gasteiger partial charge in [0.25, 0.3) is 0 Å². The molecule has 0 saturated heterocycles. The van der Waals surface area contributed by atoms with Gasteiger partial charge in [-0.15, -0.1) is 0 Å². The van der Waals surface area contributed by atoms with Gasteiger partial charge in [0.15, 0.2) is 0 Å². The first-order valence-electron chi connectivity index (χ1n) is 3.06. The minimum atomic E-state index is -1.15. The van der Waals surface area contributed by atoms with Crippen LogP contribution in [-0.4, -0.2) is 6.17 Å². The number of rotatable bonds is 0. The lowest BCUT2D eigenvalue weighted by molar-refractivity contribution is 0.467. The summed E-state index contributed by atoms with van der Waals surface area (Å²) in [5.74, 6) is -0.395. The third kappa shape index (κ3) is 1.79. The summed E-state index contributed by atoms with van der Waals surface area (Å²) in [6.45, 7) is 1.67. The summed E-state index contributed by atoms with van der Waals surface area (Å²) < 4.78 is 24.9. The predicted octanol–water partition coefficient (Wildman–Crippen LogP) is 2.69. The Hall–Kier alpha value is -0.920. The highest BCUT2D eigenvalue weighted by Crippen LogP contribution is 2.13. The maximum Gasteiger partial charge on any atom is 0.137 e. The fourth-order valence-electron chi connectivity index (χ4n) is 0.804. The van der Waals surface area contributed by atoms with Crippen LogP contribution in [-0.2, 0) is 0 Å². The average Bonchev–Trinajstić information content (AvgIpc) is 1.93. The van der Waals surface area contributed by atoms with Gasteiger partial charge in [0, 0.05) is 0 Å². The van der Waals surface area contributed by atoms with Gasteiger partial charge in [-0.05, 0) is 36.8 Å². The Morgan fingerprint density at radius 2 is 2.20 bits per heavy atom. The van der Waals surface area contributed by atoms with Crippen LogP contribution in [0.4, 0.5) is 8.78 Å². The summed E-state index contributed by atoms with van der Waals surface area (Å²) in [5.41, 5.74) is 0.620. The molecule has 54 valence electrons.